The van der Waals surface area contributed by atoms with Crippen LogP contribution in [0.3, 0.4) is 0 Å². The highest BCUT2D eigenvalue weighted by Crippen LogP contribution is 2.20. The molecule has 1 fully saturated rings. The number of anilines is 1. The minimum Gasteiger partial charge on any atom is -0.489 e. The van der Waals surface area contributed by atoms with Crippen molar-refractivity contribution in [3.63, 3.8) is 0 Å². The molecule has 0 N–H and O–H groups in total. The Morgan fingerprint density at radius 2 is 1.88 bits per heavy atom. The topological polar surface area (TPSA) is 85.1 Å². The SMILES string of the molecule is CCOC(=O)c1ccc(N2CCCN(C(=O)c3occc3COc3ccccc3)CC2)nc1. The largest absolute Gasteiger partial charge is 0.489 e. The third kappa shape index (κ3) is 5.52. The Bertz CT molecular complexity index is 1070. The summed E-state index contributed by atoms with van der Waals surface area (Å²) in [5.41, 5.74) is 1.15. The predicted molar refractivity (Wildman–Crippen MR) is 122 cm³/mol. The van der Waals surface area contributed by atoms with E-state index in [0.717, 1.165) is 30.1 Å². The fourth-order valence-electron chi connectivity index (χ4n) is 3.72. The van der Waals surface area contributed by atoms with E-state index in [9.17, 15) is 9.59 Å². The van der Waals surface area contributed by atoms with Gasteiger partial charge >= 0.3 is 5.97 Å². The van der Waals surface area contributed by atoms with Crippen LogP contribution in [0.25, 0.3) is 0 Å². The molecule has 33 heavy (non-hydrogen) atoms. The summed E-state index contributed by atoms with van der Waals surface area (Å²) in [6.45, 7) is 4.91. The predicted octanol–water partition coefficient (Wildman–Crippen LogP) is 3.78. The minimum atomic E-state index is -0.380. The van der Waals surface area contributed by atoms with Gasteiger partial charge in [-0.15, -0.1) is 0 Å². The molecule has 1 aliphatic rings. The Labute approximate surface area is 192 Å². The average molecular weight is 450 g/mol. The van der Waals surface area contributed by atoms with Crippen LogP contribution >= 0.6 is 0 Å². The highest BCUT2D eigenvalue weighted by atomic mass is 16.5. The first-order chi connectivity index (χ1) is 16.2. The van der Waals surface area contributed by atoms with Crippen molar-refractivity contribution in [2.45, 2.75) is 20.0 Å². The number of amides is 1. The van der Waals surface area contributed by atoms with Crippen LogP contribution in [0.5, 0.6) is 5.75 Å². The molecular weight excluding hydrogens is 422 g/mol. The van der Waals surface area contributed by atoms with Gasteiger partial charge in [-0.1, -0.05) is 18.2 Å². The first kappa shape index (κ1) is 22.4. The van der Waals surface area contributed by atoms with E-state index >= 15 is 0 Å². The van der Waals surface area contributed by atoms with Gasteiger partial charge in [0.15, 0.2) is 5.76 Å². The molecule has 1 aromatic carbocycles. The Balaban J connectivity index is 1.37. The number of furan rings is 1. The van der Waals surface area contributed by atoms with E-state index in [1.54, 1.807) is 24.0 Å². The molecular formula is C25H27N3O5. The van der Waals surface area contributed by atoms with Crippen LogP contribution in [-0.4, -0.2) is 54.5 Å². The summed E-state index contributed by atoms with van der Waals surface area (Å²) in [6, 6.07) is 14.8. The Morgan fingerprint density at radius 1 is 1.03 bits per heavy atom. The summed E-state index contributed by atoms with van der Waals surface area (Å²) < 4.78 is 16.3. The molecule has 0 radical (unpaired) electrons. The molecule has 0 atom stereocenters. The Hall–Kier alpha value is -3.81. The number of rotatable bonds is 7. The quantitative estimate of drug-likeness (QED) is 0.508. The van der Waals surface area contributed by atoms with Crippen molar-refractivity contribution in [2.24, 2.45) is 0 Å². The molecule has 1 aliphatic heterocycles. The molecule has 1 saturated heterocycles. The highest BCUT2D eigenvalue weighted by molar-refractivity contribution is 5.93. The van der Waals surface area contributed by atoms with E-state index in [2.05, 4.69) is 9.88 Å². The number of carbonyl (C=O) groups excluding carboxylic acids is 2. The van der Waals surface area contributed by atoms with Gasteiger partial charge in [0.25, 0.3) is 5.91 Å². The Kier molecular flexibility index (Phi) is 7.24. The van der Waals surface area contributed by atoms with Crippen molar-refractivity contribution in [1.82, 2.24) is 9.88 Å². The van der Waals surface area contributed by atoms with Crippen LogP contribution in [0.15, 0.2) is 65.4 Å². The molecule has 3 heterocycles. The molecule has 172 valence electrons. The van der Waals surface area contributed by atoms with Gasteiger partial charge in [0.05, 0.1) is 18.4 Å². The Morgan fingerprint density at radius 3 is 2.64 bits per heavy atom. The van der Waals surface area contributed by atoms with E-state index in [1.165, 1.54) is 12.5 Å². The normalized spacial score (nSPS) is 14.0. The fraction of sp³-hybridized carbons (Fsp3) is 0.320. The average Bonchev–Trinajstić information content (AvgIpc) is 3.18. The van der Waals surface area contributed by atoms with Crippen LogP contribution in [-0.2, 0) is 11.3 Å². The van der Waals surface area contributed by atoms with Crippen LogP contribution < -0.4 is 9.64 Å². The third-order valence-corrected chi connectivity index (χ3v) is 5.44. The summed E-state index contributed by atoms with van der Waals surface area (Å²) in [5.74, 6) is 1.31. The summed E-state index contributed by atoms with van der Waals surface area (Å²) in [7, 11) is 0. The lowest BCUT2D eigenvalue weighted by Gasteiger charge is -2.22. The van der Waals surface area contributed by atoms with Crippen molar-refractivity contribution in [2.75, 3.05) is 37.7 Å². The summed E-state index contributed by atoms with van der Waals surface area (Å²) in [4.78, 5) is 33.3. The zero-order valence-corrected chi connectivity index (χ0v) is 18.6. The van der Waals surface area contributed by atoms with Crippen molar-refractivity contribution in [3.8, 4) is 5.75 Å². The van der Waals surface area contributed by atoms with E-state index in [-0.39, 0.29) is 18.5 Å². The van der Waals surface area contributed by atoms with Crippen LogP contribution in [0.4, 0.5) is 5.82 Å². The van der Waals surface area contributed by atoms with Gasteiger partial charge in [0.1, 0.15) is 18.2 Å². The van der Waals surface area contributed by atoms with Crippen molar-refractivity contribution < 1.29 is 23.5 Å². The van der Waals surface area contributed by atoms with E-state index in [4.69, 9.17) is 13.9 Å². The van der Waals surface area contributed by atoms with Crippen molar-refractivity contribution >= 4 is 17.7 Å². The highest BCUT2D eigenvalue weighted by Gasteiger charge is 2.25. The van der Waals surface area contributed by atoms with Gasteiger partial charge in [0.2, 0.25) is 0 Å². The zero-order chi connectivity index (χ0) is 23.0. The number of carbonyl (C=O) groups is 2. The first-order valence-corrected chi connectivity index (χ1v) is 11.1. The molecule has 0 aliphatic carbocycles. The molecule has 0 bridgehead atoms. The van der Waals surface area contributed by atoms with Crippen molar-refractivity contribution in [3.05, 3.63) is 77.9 Å². The number of hydrogen-bond acceptors (Lipinski definition) is 7. The molecule has 0 saturated carbocycles. The minimum absolute atomic E-state index is 0.140. The number of benzene rings is 1. The summed E-state index contributed by atoms with van der Waals surface area (Å²) in [5, 5.41) is 0. The van der Waals surface area contributed by atoms with Crippen molar-refractivity contribution in [1.29, 1.82) is 0 Å². The molecule has 2 aromatic heterocycles. The number of nitrogens with zero attached hydrogens (tertiary/aromatic N) is 3. The maximum absolute atomic E-state index is 13.2. The van der Waals surface area contributed by atoms with Gasteiger partial charge in [-0.05, 0) is 43.7 Å². The van der Waals surface area contributed by atoms with E-state index < -0.39 is 0 Å². The van der Waals surface area contributed by atoms with Gasteiger partial charge in [0, 0.05) is 37.9 Å². The number of pyridine rings is 1. The second-order valence-electron chi connectivity index (χ2n) is 7.64. The summed E-state index contributed by atoms with van der Waals surface area (Å²) >= 11 is 0. The molecule has 0 spiro atoms. The lowest BCUT2D eigenvalue weighted by molar-refractivity contribution is 0.0525. The molecule has 3 aromatic rings. The molecule has 4 rings (SSSR count). The third-order valence-electron chi connectivity index (χ3n) is 5.44. The van der Waals surface area contributed by atoms with Crippen LogP contribution in [0.1, 0.15) is 39.8 Å². The number of hydrogen-bond donors (Lipinski definition) is 0. The van der Waals surface area contributed by atoms with Gasteiger partial charge < -0.3 is 23.7 Å². The maximum atomic E-state index is 13.2. The molecule has 1 amide bonds. The second kappa shape index (κ2) is 10.7. The number of para-hydroxylation sites is 1. The van der Waals surface area contributed by atoms with Crippen LogP contribution in [0, 0.1) is 0 Å². The lowest BCUT2D eigenvalue weighted by atomic mass is 10.2. The number of ether oxygens (including phenoxy) is 2. The van der Waals surface area contributed by atoms with E-state index in [0.29, 0.717) is 37.6 Å². The summed E-state index contributed by atoms with van der Waals surface area (Å²) in [6.07, 6.45) is 3.85. The first-order valence-electron chi connectivity index (χ1n) is 11.1. The van der Waals surface area contributed by atoms with E-state index in [1.807, 2.05) is 36.4 Å². The zero-order valence-electron chi connectivity index (χ0n) is 18.6. The molecule has 8 heteroatoms. The van der Waals surface area contributed by atoms with Gasteiger partial charge in [-0.2, -0.15) is 0 Å². The monoisotopic (exact) mass is 449 g/mol. The maximum Gasteiger partial charge on any atom is 0.339 e. The molecule has 8 nitrogen and oxygen atoms in total. The fourth-order valence-corrected chi connectivity index (χ4v) is 3.72. The van der Waals surface area contributed by atoms with Gasteiger partial charge in [-0.25, -0.2) is 9.78 Å². The molecule has 0 unspecified atom stereocenters. The number of aromatic nitrogens is 1. The van der Waals surface area contributed by atoms with Crippen LogP contribution in [0.2, 0.25) is 0 Å². The lowest BCUT2D eigenvalue weighted by Crippen LogP contribution is -2.35. The smallest absolute Gasteiger partial charge is 0.339 e. The standard InChI is InChI=1S/C25H27N3O5/c1-2-31-25(30)19-9-10-22(26-17-19)27-12-6-13-28(15-14-27)24(29)23-20(11-16-32-23)18-33-21-7-4-3-5-8-21/h3-5,7-11,16-17H,2,6,12-15,18H2,1H3. The second-order valence-corrected chi connectivity index (χ2v) is 7.64. The number of esters is 1. The van der Waals surface area contributed by atoms with Gasteiger partial charge in [-0.3, -0.25) is 4.79 Å².